The molecule has 5 heteroatoms. The normalized spacial score (nSPS) is 13.7. The van der Waals surface area contributed by atoms with Crippen molar-refractivity contribution in [1.29, 1.82) is 0 Å². The first kappa shape index (κ1) is 17.5. The van der Waals surface area contributed by atoms with Crippen molar-refractivity contribution >= 4 is 16.9 Å². The first-order valence-corrected chi connectivity index (χ1v) is 9.33. The molecule has 0 unspecified atom stereocenters. The molecular formula is C22H22N2O3. The molecule has 138 valence electrons. The van der Waals surface area contributed by atoms with E-state index in [1.54, 1.807) is 4.57 Å². The van der Waals surface area contributed by atoms with Crippen molar-refractivity contribution < 1.29 is 9.53 Å². The number of aromatic nitrogens is 2. The molecule has 0 N–H and O–H groups in total. The number of fused-ring (bicyclic) bond motifs is 1. The van der Waals surface area contributed by atoms with Crippen LogP contribution in [-0.4, -0.2) is 15.5 Å². The third-order valence-electron chi connectivity index (χ3n) is 4.83. The Labute approximate surface area is 157 Å². The van der Waals surface area contributed by atoms with E-state index in [1.807, 2.05) is 55.5 Å². The highest BCUT2D eigenvalue weighted by molar-refractivity contribution is 5.77. The molecule has 0 bridgehead atoms. The number of aryl methyl sites for hydroxylation is 2. The second kappa shape index (κ2) is 7.35. The standard InChI is InChI=1S/C22H22N2O3/c1-15-5-4-6-16(13-15)14-27-21(25)12-11-20-23-19-8-3-2-7-18(19)22(26)24(20)17-9-10-17/h2-8,13,17H,9-12,14H2,1H3. The van der Waals surface area contributed by atoms with Crippen molar-refractivity contribution in [2.45, 2.75) is 45.3 Å². The summed E-state index contributed by atoms with van der Waals surface area (Å²) in [6.45, 7) is 2.27. The summed E-state index contributed by atoms with van der Waals surface area (Å²) in [7, 11) is 0. The van der Waals surface area contributed by atoms with E-state index in [4.69, 9.17) is 4.74 Å². The topological polar surface area (TPSA) is 61.2 Å². The molecule has 1 aliphatic rings. The maximum Gasteiger partial charge on any atom is 0.306 e. The Kier molecular flexibility index (Phi) is 4.75. The molecule has 5 nitrogen and oxygen atoms in total. The molecule has 4 rings (SSSR count). The van der Waals surface area contributed by atoms with E-state index in [-0.39, 0.29) is 30.6 Å². The summed E-state index contributed by atoms with van der Waals surface area (Å²) in [5.74, 6) is 0.398. The number of hydrogen-bond acceptors (Lipinski definition) is 4. The van der Waals surface area contributed by atoms with Gasteiger partial charge in [-0.2, -0.15) is 0 Å². The number of esters is 1. The monoisotopic (exact) mass is 362 g/mol. The Hall–Kier alpha value is -2.95. The lowest BCUT2D eigenvalue weighted by Gasteiger charge is -2.12. The highest BCUT2D eigenvalue weighted by atomic mass is 16.5. The Morgan fingerprint density at radius 3 is 2.78 bits per heavy atom. The molecule has 1 aromatic heterocycles. The summed E-state index contributed by atoms with van der Waals surface area (Å²) in [4.78, 5) is 29.7. The fourth-order valence-corrected chi connectivity index (χ4v) is 3.33. The molecule has 1 fully saturated rings. The minimum absolute atomic E-state index is 0.00812. The van der Waals surface area contributed by atoms with Crippen LogP contribution in [0.15, 0.2) is 53.3 Å². The van der Waals surface area contributed by atoms with E-state index >= 15 is 0 Å². The Morgan fingerprint density at radius 2 is 2.00 bits per heavy atom. The number of para-hydroxylation sites is 1. The van der Waals surface area contributed by atoms with E-state index < -0.39 is 0 Å². The van der Waals surface area contributed by atoms with Crippen molar-refractivity contribution in [2.24, 2.45) is 0 Å². The van der Waals surface area contributed by atoms with Crippen LogP contribution in [0, 0.1) is 6.92 Å². The number of rotatable bonds is 6. The summed E-state index contributed by atoms with van der Waals surface area (Å²) >= 11 is 0. The van der Waals surface area contributed by atoms with Crippen LogP contribution >= 0.6 is 0 Å². The van der Waals surface area contributed by atoms with Crippen LogP contribution in [-0.2, 0) is 22.6 Å². The SMILES string of the molecule is Cc1cccc(COC(=O)CCc2nc3ccccc3c(=O)n2C2CC2)c1. The van der Waals surface area contributed by atoms with Gasteiger partial charge < -0.3 is 4.74 Å². The van der Waals surface area contributed by atoms with Gasteiger partial charge in [0.05, 0.1) is 17.3 Å². The Bertz CT molecular complexity index is 1050. The van der Waals surface area contributed by atoms with Crippen LogP contribution in [0.2, 0.25) is 0 Å². The highest BCUT2D eigenvalue weighted by Crippen LogP contribution is 2.34. The molecule has 0 spiro atoms. The summed E-state index contributed by atoms with van der Waals surface area (Å²) in [6.07, 6.45) is 2.60. The van der Waals surface area contributed by atoms with E-state index in [0.29, 0.717) is 23.1 Å². The Morgan fingerprint density at radius 1 is 1.19 bits per heavy atom. The number of benzene rings is 2. The minimum atomic E-state index is -0.277. The Balaban J connectivity index is 1.47. The molecule has 0 radical (unpaired) electrons. The lowest BCUT2D eigenvalue weighted by Crippen LogP contribution is -2.25. The smallest absolute Gasteiger partial charge is 0.306 e. The zero-order chi connectivity index (χ0) is 18.8. The lowest BCUT2D eigenvalue weighted by atomic mass is 10.1. The summed E-state index contributed by atoms with van der Waals surface area (Å²) in [5.41, 5.74) is 2.79. The van der Waals surface area contributed by atoms with Gasteiger partial charge >= 0.3 is 5.97 Å². The summed E-state index contributed by atoms with van der Waals surface area (Å²) in [6, 6.07) is 15.5. The van der Waals surface area contributed by atoms with Crippen LogP contribution in [0.25, 0.3) is 10.9 Å². The molecule has 1 heterocycles. The molecule has 2 aromatic carbocycles. The van der Waals surface area contributed by atoms with Crippen molar-refractivity contribution in [2.75, 3.05) is 0 Å². The highest BCUT2D eigenvalue weighted by Gasteiger charge is 2.28. The first-order chi connectivity index (χ1) is 13.1. The summed E-state index contributed by atoms with van der Waals surface area (Å²) < 4.78 is 7.16. The predicted octanol–water partition coefficient (Wildman–Crippen LogP) is 3.72. The van der Waals surface area contributed by atoms with Gasteiger partial charge in [-0.25, -0.2) is 4.98 Å². The van der Waals surface area contributed by atoms with Gasteiger partial charge in [0.2, 0.25) is 0 Å². The molecular weight excluding hydrogens is 340 g/mol. The molecule has 3 aromatic rings. The van der Waals surface area contributed by atoms with Crippen LogP contribution < -0.4 is 5.56 Å². The van der Waals surface area contributed by atoms with Crippen LogP contribution in [0.1, 0.15) is 42.3 Å². The third kappa shape index (κ3) is 3.92. The molecule has 1 saturated carbocycles. The molecule has 0 saturated heterocycles. The molecule has 0 atom stereocenters. The van der Waals surface area contributed by atoms with E-state index in [9.17, 15) is 9.59 Å². The van der Waals surface area contributed by atoms with Crippen molar-refractivity contribution in [3.63, 3.8) is 0 Å². The molecule has 1 aliphatic carbocycles. The average Bonchev–Trinajstić information content (AvgIpc) is 3.50. The average molecular weight is 362 g/mol. The largest absolute Gasteiger partial charge is 0.461 e. The second-order valence-electron chi connectivity index (χ2n) is 7.10. The maximum absolute atomic E-state index is 12.8. The number of carbonyl (C=O) groups excluding carboxylic acids is 1. The van der Waals surface area contributed by atoms with Gasteiger partial charge in [-0.1, -0.05) is 42.0 Å². The number of nitrogens with zero attached hydrogens (tertiary/aromatic N) is 2. The third-order valence-corrected chi connectivity index (χ3v) is 4.83. The molecule has 27 heavy (non-hydrogen) atoms. The zero-order valence-corrected chi connectivity index (χ0v) is 15.4. The van der Waals surface area contributed by atoms with Crippen LogP contribution in [0.5, 0.6) is 0 Å². The second-order valence-corrected chi connectivity index (χ2v) is 7.10. The molecule has 0 amide bonds. The minimum Gasteiger partial charge on any atom is -0.461 e. The number of ether oxygens (including phenoxy) is 1. The van der Waals surface area contributed by atoms with Crippen LogP contribution in [0.4, 0.5) is 0 Å². The van der Waals surface area contributed by atoms with Crippen molar-refractivity contribution in [1.82, 2.24) is 9.55 Å². The van der Waals surface area contributed by atoms with Gasteiger partial charge in [-0.05, 0) is 37.5 Å². The fraction of sp³-hybridized carbons (Fsp3) is 0.318. The number of hydrogen-bond donors (Lipinski definition) is 0. The lowest BCUT2D eigenvalue weighted by molar-refractivity contribution is -0.144. The fourth-order valence-electron chi connectivity index (χ4n) is 3.33. The van der Waals surface area contributed by atoms with Gasteiger partial charge in [0.1, 0.15) is 12.4 Å². The van der Waals surface area contributed by atoms with Gasteiger partial charge in [0.25, 0.3) is 5.56 Å². The summed E-state index contributed by atoms with van der Waals surface area (Å²) in [5, 5.41) is 0.634. The van der Waals surface area contributed by atoms with E-state index in [2.05, 4.69) is 4.98 Å². The first-order valence-electron chi connectivity index (χ1n) is 9.33. The van der Waals surface area contributed by atoms with Gasteiger partial charge in [0, 0.05) is 12.5 Å². The van der Waals surface area contributed by atoms with Crippen molar-refractivity contribution in [3.8, 4) is 0 Å². The van der Waals surface area contributed by atoms with Gasteiger partial charge in [-0.3, -0.25) is 14.2 Å². The maximum atomic E-state index is 12.8. The van der Waals surface area contributed by atoms with Gasteiger partial charge in [0.15, 0.2) is 0 Å². The van der Waals surface area contributed by atoms with E-state index in [1.165, 1.54) is 0 Å². The quantitative estimate of drug-likeness (QED) is 0.627. The number of carbonyl (C=O) groups is 1. The van der Waals surface area contributed by atoms with Gasteiger partial charge in [-0.15, -0.1) is 0 Å². The zero-order valence-electron chi connectivity index (χ0n) is 15.4. The van der Waals surface area contributed by atoms with Crippen molar-refractivity contribution in [3.05, 3.63) is 75.8 Å². The predicted molar refractivity (Wildman–Crippen MR) is 104 cm³/mol. The van der Waals surface area contributed by atoms with E-state index in [0.717, 1.165) is 24.0 Å². The van der Waals surface area contributed by atoms with Crippen LogP contribution in [0.3, 0.4) is 0 Å². The molecule has 0 aliphatic heterocycles.